The summed E-state index contributed by atoms with van der Waals surface area (Å²) in [6, 6.07) is 0. The average molecular weight is 177 g/mol. The number of hydrogen-bond acceptors (Lipinski definition) is 1. The fourth-order valence-electron chi connectivity index (χ4n) is 3.66. The van der Waals surface area contributed by atoms with Gasteiger partial charge >= 0.3 is 0 Å². The van der Waals surface area contributed by atoms with Gasteiger partial charge in [0.2, 0.25) is 0 Å². The van der Waals surface area contributed by atoms with E-state index in [1.54, 1.807) is 0 Å². The molecular weight excluding hydrogens is 158 g/mol. The van der Waals surface area contributed by atoms with Crippen molar-refractivity contribution in [3.8, 4) is 0 Å². The first-order valence-electron chi connectivity index (χ1n) is 5.65. The Labute approximate surface area is 80.8 Å². The highest BCUT2D eigenvalue weighted by molar-refractivity contribution is 5.26. The highest BCUT2D eigenvalue weighted by atomic mass is 15.3. The summed E-state index contributed by atoms with van der Waals surface area (Å²) in [6.07, 6.45) is 8.43. The van der Waals surface area contributed by atoms with Crippen molar-refractivity contribution in [2.45, 2.75) is 56.5 Å². The molecule has 2 saturated heterocycles. The van der Waals surface area contributed by atoms with Gasteiger partial charge in [-0.2, -0.15) is 0 Å². The van der Waals surface area contributed by atoms with Crippen molar-refractivity contribution in [1.29, 1.82) is 0 Å². The summed E-state index contributed by atoms with van der Waals surface area (Å²) in [5, 5.41) is 0. The van der Waals surface area contributed by atoms with Crippen LogP contribution >= 0.6 is 0 Å². The van der Waals surface area contributed by atoms with Crippen LogP contribution in [0.4, 0.5) is 0 Å². The summed E-state index contributed by atoms with van der Waals surface area (Å²) in [5.41, 5.74) is 2.69. The maximum atomic E-state index is 4.18. The minimum atomic E-state index is 0.549. The minimum absolute atomic E-state index is 0.549. The van der Waals surface area contributed by atoms with E-state index in [4.69, 9.17) is 0 Å². The van der Waals surface area contributed by atoms with E-state index >= 15 is 0 Å². The van der Waals surface area contributed by atoms with Crippen LogP contribution in [0.2, 0.25) is 0 Å². The van der Waals surface area contributed by atoms with Crippen molar-refractivity contribution in [3.63, 3.8) is 0 Å². The van der Waals surface area contributed by atoms with Gasteiger partial charge in [-0.25, -0.2) is 0 Å². The molecule has 0 bridgehead atoms. The molecule has 2 heterocycles. The van der Waals surface area contributed by atoms with Crippen LogP contribution in [-0.4, -0.2) is 22.5 Å². The maximum absolute atomic E-state index is 4.18. The predicted molar refractivity (Wildman–Crippen MR) is 54.7 cm³/mol. The van der Waals surface area contributed by atoms with E-state index in [0.29, 0.717) is 11.1 Å². The number of hydrogen-bond donors (Lipinski definition) is 0. The van der Waals surface area contributed by atoms with Crippen molar-refractivity contribution in [2.24, 2.45) is 0 Å². The van der Waals surface area contributed by atoms with Crippen LogP contribution in [0.15, 0.2) is 12.2 Å². The first kappa shape index (κ1) is 8.05. The van der Waals surface area contributed by atoms with Crippen molar-refractivity contribution in [1.82, 2.24) is 4.90 Å². The molecule has 1 spiro atoms. The Balaban J connectivity index is 1.97. The molecule has 0 aromatic heterocycles. The SMILES string of the molecule is C=C1CN2C3(CC3)CCC2(CC)C1. The molecule has 1 aliphatic carbocycles. The molecule has 3 fully saturated rings. The standard InChI is InChI=1S/C12H19N/c1-3-11-4-5-12(6-7-12)13(11)9-10(2)8-11/h2-9H2,1H3. The van der Waals surface area contributed by atoms with Gasteiger partial charge in [0.25, 0.3) is 0 Å². The predicted octanol–water partition coefficient (Wildman–Crippen LogP) is 2.72. The van der Waals surface area contributed by atoms with E-state index in [9.17, 15) is 0 Å². The van der Waals surface area contributed by atoms with Crippen molar-refractivity contribution < 1.29 is 0 Å². The lowest BCUT2D eigenvalue weighted by Crippen LogP contribution is -2.42. The van der Waals surface area contributed by atoms with Gasteiger partial charge in [-0.3, -0.25) is 4.90 Å². The van der Waals surface area contributed by atoms with Gasteiger partial charge in [-0.15, -0.1) is 0 Å². The van der Waals surface area contributed by atoms with E-state index in [0.717, 1.165) is 0 Å². The van der Waals surface area contributed by atoms with Crippen LogP contribution in [0, 0.1) is 0 Å². The van der Waals surface area contributed by atoms with E-state index in [1.165, 1.54) is 50.6 Å². The van der Waals surface area contributed by atoms with Gasteiger partial charge in [0.15, 0.2) is 0 Å². The average Bonchev–Trinajstić information content (AvgIpc) is 2.75. The molecule has 3 aliphatic rings. The third-order valence-electron chi connectivity index (χ3n) is 4.65. The molecule has 0 amide bonds. The van der Waals surface area contributed by atoms with Crippen LogP contribution in [0.3, 0.4) is 0 Å². The van der Waals surface area contributed by atoms with Crippen LogP contribution in [0.25, 0.3) is 0 Å². The second kappa shape index (κ2) is 2.20. The van der Waals surface area contributed by atoms with Crippen molar-refractivity contribution in [2.75, 3.05) is 6.54 Å². The normalized spacial score (nSPS) is 41.5. The first-order chi connectivity index (χ1) is 6.21. The van der Waals surface area contributed by atoms with Gasteiger partial charge in [0, 0.05) is 17.6 Å². The Bertz CT molecular complexity index is 264. The number of rotatable bonds is 1. The second-order valence-electron chi connectivity index (χ2n) is 5.32. The molecule has 13 heavy (non-hydrogen) atoms. The maximum Gasteiger partial charge on any atom is 0.0254 e. The monoisotopic (exact) mass is 177 g/mol. The third-order valence-corrected chi connectivity index (χ3v) is 4.65. The summed E-state index contributed by atoms with van der Waals surface area (Å²) >= 11 is 0. The summed E-state index contributed by atoms with van der Waals surface area (Å²) in [5.74, 6) is 0. The lowest BCUT2D eigenvalue weighted by Gasteiger charge is -2.34. The van der Waals surface area contributed by atoms with Gasteiger partial charge < -0.3 is 0 Å². The molecule has 0 N–H and O–H groups in total. The quantitative estimate of drug-likeness (QED) is 0.557. The van der Waals surface area contributed by atoms with Gasteiger partial charge in [-0.1, -0.05) is 19.1 Å². The molecule has 2 aliphatic heterocycles. The highest BCUT2D eigenvalue weighted by Crippen LogP contribution is 2.60. The lowest BCUT2D eigenvalue weighted by atomic mass is 9.90. The Morgan fingerprint density at radius 3 is 2.62 bits per heavy atom. The van der Waals surface area contributed by atoms with Gasteiger partial charge in [0.05, 0.1) is 0 Å². The summed E-state index contributed by atoms with van der Waals surface area (Å²) in [6.45, 7) is 7.74. The molecule has 3 rings (SSSR count). The van der Waals surface area contributed by atoms with Crippen LogP contribution in [-0.2, 0) is 0 Å². The smallest absolute Gasteiger partial charge is 0.0254 e. The molecule has 1 unspecified atom stereocenters. The topological polar surface area (TPSA) is 3.24 Å². The molecule has 72 valence electrons. The van der Waals surface area contributed by atoms with Crippen LogP contribution in [0.5, 0.6) is 0 Å². The number of fused-ring (bicyclic) bond motifs is 2. The van der Waals surface area contributed by atoms with E-state index in [-0.39, 0.29) is 0 Å². The van der Waals surface area contributed by atoms with E-state index < -0.39 is 0 Å². The summed E-state index contributed by atoms with van der Waals surface area (Å²) < 4.78 is 0. The minimum Gasteiger partial charge on any atom is -0.288 e. The summed E-state index contributed by atoms with van der Waals surface area (Å²) in [7, 11) is 0. The van der Waals surface area contributed by atoms with E-state index in [2.05, 4.69) is 18.4 Å². The fourth-order valence-corrected chi connectivity index (χ4v) is 3.66. The molecule has 0 aromatic carbocycles. The van der Waals surface area contributed by atoms with E-state index in [1.807, 2.05) is 0 Å². The largest absolute Gasteiger partial charge is 0.288 e. The third kappa shape index (κ3) is 0.864. The lowest BCUT2D eigenvalue weighted by molar-refractivity contribution is 0.134. The molecule has 0 aromatic rings. The molecule has 1 nitrogen and oxygen atoms in total. The zero-order valence-corrected chi connectivity index (χ0v) is 8.60. The van der Waals surface area contributed by atoms with Crippen LogP contribution in [0.1, 0.15) is 45.4 Å². The molecule has 1 atom stereocenters. The Morgan fingerprint density at radius 1 is 1.31 bits per heavy atom. The molecular formula is C12H19N. The highest BCUT2D eigenvalue weighted by Gasteiger charge is 2.61. The Hall–Kier alpha value is -0.300. The van der Waals surface area contributed by atoms with Crippen molar-refractivity contribution in [3.05, 3.63) is 12.2 Å². The fraction of sp³-hybridized carbons (Fsp3) is 0.833. The van der Waals surface area contributed by atoms with Crippen molar-refractivity contribution >= 4 is 0 Å². The molecule has 1 saturated carbocycles. The molecule has 1 heteroatoms. The Morgan fingerprint density at radius 2 is 2.00 bits per heavy atom. The zero-order valence-electron chi connectivity index (χ0n) is 8.60. The summed E-state index contributed by atoms with van der Waals surface area (Å²) in [4.78, 5) is 2.81. The second-order valence-corrected chi connectivity index (χ2v) is 5.32. The zero-order chi connectivity index (χ0) is 9.10. The Kier molecular flexibility index (Phi) is 1.36. The van der Waals surface area contributed by atoms with Crippen LogP contribution < -0.4 is 0 Å². The van der Waals surface area contributed by atoms with Gasteiger partial charge in [0.1, 0.15) is 0 Å². The first-order valence-corrected chi connectivity index (χ1v) is 5.65. The number of nitrogens with zero attached hydrogens (tertiary/aromatic N) is 1. The molecule has 0 radical (unpaired) electrons. The van der Waals surface area contributed by atoms with Gasteiger partial charge in [-0.05, 0) is 38.5 Å².